The number of Topliss-reactive ketones (excluding diaryl/α,β-unsaturated/α-hetero) is 1. The largest absolute Gasteiger partial charge is 0.497 e. The quantitative estimate of drug-likeness (QED) is 0.861. The minimum Gasteiger partial charge on any atom is -0.497 e. The molecule has 1 aliphatic carbocycles. The summed E-state index contributed by atoms with van der Waals surface area (Å²) in [6.45, 7) is 0. The van der Waals surface area contributed by atoms with E-state index in [2.05, 4.69) is 0 Å². The van der Waals surface area contributed by atoms with E-state index in [-0.39, 0.29) is 5.78 Å². The summed E-state index contributed by atoms with van der Waals surface area (Å²) in [7, 11) is 1.66. The van der Waals surface area contributed by atoms with Gasteiger partial charge in [-0.15, -0.1) is 0 Å². The zero-order valence-corrected chi connectivity index (χ0v) is 13.6. The molecule has 0 saturated heterocycles. The number of carbonyl (C=O) groups excluding carboxylic acids is 1. The molecular formula is C20H24O3. The van der Waals surface area contributed by atoms with Gasteiger partial charge in [0.15, 0.2) is 5.78 Å². The summed E-state index contributed by atoms with van der Waals surface area (Å²) in [4.78, 5) is 12.1. The number of hydrogen-bond acceptors (Lipinski definition) is 3. The summed E-state index contributed by atoms with van der Waals surface area (Å²) in [5, 5.41) is 10.2. The predicted molar refractivity (Wildman–Crippen MR) is 91.8 cm³/mol. The SMILES string of the molecule is COc1ccccc1.O=C(c1ccccc1)C1(O)CCCCC1. The smallest absolute Gasteiger partial charge is 0.194 e. The minimum absolute atomic E-state index is 0.109. The van der Waals surface area contributed by atoms with Crippen LogP contribution in [0.15, 0.2) is 60.7 Å². The van der Waals surface area contributed by atoms with Crippen molar-refractivity contribution in [1.82, 2.24) is 0 Å². The van der Waals surface area contributed by atoms with Gasteiger partial charge >= 0.3 is 0 Å². The topological polar surface area (TPSA) is 46.5 Å². The second-order valence-electron chi connectivity index (χ2n) is 5.80. The van der Waals surface area contributed by atoms with Crippen LogP contribution >= 0.6 is 0 Å². The maximum atomic E-state index is 12.1. The Morgan fingerprint density at radius 1 is 0.913 bits per heavy atom. The monoisotopic (exact) mass is 312 g/mol. The van der Waals surface area contributed by atoms with Crippen molar-refractivity contribution in [3.8, 4) is 5.75 Å². The first kappa shape index (κ1) is 17.2. The van der Waals surface area contributed by atoms with Gasteiger partial charge in [0.05, 0.1) is 7.11 Å². The van der Waals surface area contributed by atoms with Crippen LogP contribution in [-0.2, 0) is 0 Å². The molecule has 0 bridgehead atoms. The van der Waals surface area contributed by atoms with Crippen LogP contribution in [0.5, 0.6) is 5.75 Å². The maximum Gasteiger partial charge on any atom is 0.194 e. The number of aliphatic hydroxyl groups is 1. The van der Waals surface area contributed by atoms with E-state index in [1.165, 1.54) is 0 Å². The second kappa shape index (κ2) is 8.49. The molecule has 3 heteroatoms. The Labute approximate surface area is 137 Å². The zero-order valence-electron chi connectivity index (χ0n) is 13.6. The van der Waals surface area contributed by atoms with E-state index in [4.69, 9.17) is 4.74 Å². The third kappa shape index (κ3) is 4.93. The number of rotatable bonds is 3. The highest BCUT2D eigenvalue weighted by atomic mass is 16.5. The highest BCUT2D eigenvalue weighted by molar-refractivity contribution is 6.02. The lowest BCUT2D eigenvalue weighted by atomic mass is 9.79. The van der Waals surface area contributed by atoms with Crippen LogP contribution in [0.25, 0.3) is 0 Å². The Bertz CT molecular complexity index is 587. The van der Waals surface area contributed by atoms with Crippen molar-refractivity contribution >= 4 is 5.78 Å². The van der Waals surface area contributed by atoms with E-state index in [1.807, 2.05) is 48.5 Å². The summed E-state index contributed by atoms with van der Waals surface area (Å²) >= 11 is 0. The molecular weight excluding hydrogens is 288 g/mol. The third-order valence-electron chi connectivity index (χ3n) is 4.12. The highest BCUT2D eigenvalue weighted by Crippen LogP contribution is 2.30. The van der Waals surface area contributed by atoms with Crippen molar-refractivity contribution < 1.29 is 14.6 Å². The number of methoxy groups -OCH3 is 1. The van der Waals surface area contributed by atoms with Crippen molar-refractivity contribution in [2.75, 3.05) is 7.11 Å². The minimum atomic E-state index is -1.10. The summed E-state index contributed by atoms with van der Waals surface area (Å²) in [5.74, 6) is 0.801. The molecule has 0 spiro atoms. The number of hydrogen-bond donors (Lipinski definition) is 1. The second-order valence-corrected chi connectivity index (χ2v) is 5.80. The van der Waals surface area contributed by atoms with Crippen LogP contribution in [0.3, 0.4) is 0 Å². The molecule has 1 fully saturated rings. The molecule has 0 radical (unpaired) electrons. The van der Waals surface area contributed by atoms with Gasteiger partial charge < -0.3 is 9.84 Å². The molecule has 1 aliphatic rings. The van der Waals surface area contributed by atoms with E-state index in [9.17, 15) is 9.90 Å². The van der Waals surface area contributed by atoms with Crippen LogP contribution in [-0.4, -0.2) is 23.6 Å². The lowest BCUT2D eigenvalue weighted by molar-refractivity contribution is 0.0116. The molecule has 122 valence electrons. The molecule has 2 aromatic rings. The fourth-order valence-electron chi connectivity index (χ4n) is 2.78. The molecule has 0 aromatic heterocycles. The molecule has 0 unspecified atom stereocenters. The van der Waals surface area contributed by atoms with Gasteiger partial charge in [0, 0.05) is 5.56 Å². The van der Waals surface area contributed by atoms with Gasteiger partial charge in [-0.25, -0.2) is 0 Å². The van der Waals surface area contributed by atoms with Gasteiger partial charge in [-0.1, -0.05) is 67.8 Å². The van der Waals surface area contributed by atoms with E-state index in [1.54, 1.807) is 19.2 Å². The standard InChI is InChI=1S/C13H16O2.C7H8O/c14-12(11-7-3-1-4-8-11)13(15)9-5-2-6-10-13;1-8-7-5-3-2-4-6-7/h1,3-4,7-8,15H,2,5-6,9-10H2;2-6H,1H3. The Morgan fingerprint density at radius 3 is 1.91 bits per heavy atom. The summed E-state index contributed by atoms with van der Waals surface area (Å²) in [6.07, 6.45) is 4.26. The molecule has 3 rings (SSSR count). The number of ketones is 1. The first-order valence-corrected chi connectivity index (χ1v) is 8.07. The lowest BCUT2D eigenvalue weighted by Crippen LogP contribution is -2.40. The van der Waals surface area contributed by atoms with Crippen LogP contribution in [0.1, 0.15) is 42.5 Å². The Hall–Kier alpha value is -2.13. The first-order valence-electron chi connectivity index (χ1n) is 8.07. The number of para-hydroxylation sites is 1. The van der Waals surface area contributed by atoms with Crippen molar-refractivity contribution in [1.29, 1.82) is 0 Å². The predicted octanol–water partition coefficient (Wildman–Crippen LogP) is 4.26. The van der Waals surface area contributed by atoms with Crippen LogP contribution in [0.2, 0.25) is 0 Å². The van der Waals surface area contributed by atoms with E-state index in [0.717, 1.165) is 25.0 Å². The van der Waals surface area contributed by atoms with E-state index < -0.39 is 5.60 Å². The van der Waals surface area contributed by atoms with Crippen molar-refractivity contribution in [2.24, 2.45) is 0 Å². The van der Waals surface area contributed by atoms with Crippen molar-refractivity contribution in [3.05, 3.63) is 66.2 Å². The van der Waals surface area contributed by atoms with Gasteiger partial charge in [-0.05, 0) is 25.0 Å². The number of ether oxygens (including phenoxy) is 1. The fourth-order valence-corrected chi connectivity index (χ4v) is 2.78. The van der Waals surface area contributed by atoms with Gasteiger partial charge in [-0.2, -0.15) is 0 Å². The van der Waals surface area contributed by atoms with E-state index in [0.29, 0.717) is 18.4 Å². The molecule has 3 nitrogen and oxygen atoms in total. The average molecular weight is 312 g/mol. The van der Waals surface area contributed by atoms with Crippen LogP contribution in [0.4, 0.5) is 0 Å². The highest BCUT2D eigenvalue weighted by Gasteiger charge is 2.37. The summed E-state index contributed by atoms with van der Waals surface area (Å²) < 4.78 is 4.91. The van der Waals surface area contributed by atoms with Gasteiger partial charge in [0.2, 0.25) is 0 Å². The van der Waals surface area contributed by atoms with E-state index >= 15 is 0 Å². The van der Waals surface area contributed by atoms with Crippen molar-refractivity contribution in [3.63, 3.8) is 0 Å². The van der Waals surface area contributed by atoms with Crippen LogP contribution in [0, 0.1) is 0 Å². The molecule has 0 amide bonds. The summed E-state index contributed by atoms with van der Waals surface area (Å²) in [5.41, 5.74) is -0.471. The zero-order chi connectivity index (χ0) is 16.5. The Kier molecular flexibility index (Phi) is 6.36. The number of benzene rings is 2. The van der Waals surface area contributed by atoms with Gasteiger partial charge in [-0.3, -0.25) is 4.79 Å². The first-order chi connectivity index (χ1) is 11.2. The fraction of sp³-hybridized carbons (Fsp3) is 0.350. The Morgan fingerprint density at radius 2 is 1.43 bits per heavy atom. The summed E-state index contributed by atoms with van der Waals surface area (Å²) in [6, 6.07) is 18.8. The molecule has 1 N–H and O–H groups in total. The van der Waals surface area contributed by atoms with Gasteiger partial charge in [0.1, 0.15) is 11.4 Å². The molecule has 0 aliphatic heterocycles. The molecule has 0 atom stereocenters. The average Bonchev–Trinajstić information content (AvgIpc) is 2.63. The maximum absolute atomic E-state index is 12.1. The number of carbonyl (C=O) groups is 1. The molecule has 23 heavy (non-hydrogen) atoms. The molecule has 1 saturated carbocycles. The molecule has 0 heterocycles. The normalized spacial score (nSPS) is 15.9. The van der Waals surface area contributed by atoms with Crippen LogP contribution < -0.4 is 4.74 Å². The molecule has 2 aromatic carbocycles. The lowest BCUT2D eigenvalue weighted by Gasteiger charge is -2.30. The Balaban J connectivity index is 0.000000203. The van der Waals surface area contributed by atoms with Gasteiger partial charge in [0.25, 0.3) is 0 Å². The van der Waals surface area contributed by atoms with Crippen molar-refractivity contribution in [2.45, 2.75) is 37.7 Å². The third-order valence-corrected chi connectivity index (χ3v) is 4.12.